The van der Waals surface area contributed by atoms with Gasteiger partial charge in [0, 0.05) is 19.6 Å². The molecule has 1 aromatic carbocycles. The Bertz CT molecular complexity index is 634. The molecule has 5 N–H and O–H groups in total. The van der Waals surface area contributed by atoms with Crippen molar-refractivity contribution in [3.63, 3.8) is 0 Å². The minimum Gasteiger partial charge on any atom is -0.395 e. The molecule has 1 rings (SSSR count). The molecule has 33 heavy (non-hydrogen) atoms. The molecule has 0 saturated carbocycles. The van der Waals surface area contributed by atoms with Crippen molar-refractivity contribution < 1.29 is 32.8 Å². The van der Waals surface area contributed by atoms with E-state index in [2.05, 4.69) is 65.0 Å². The zero-order chi connectivity index (χ0) is 25.9. The Morgan fingerprint density at radius 2 is 1.12 bits per heavy atom. The van der Waals surface area contributed by atoms with Crippen molar-refractivity contribution >= 4 is 10.4 Å². The molecular weight excluding hydrogens is 446 g/mol. The fraction of sp³-hybridized carbons (Fsp3) is 0.750. The van der Waals surface area contributed by atoms with E-state index in [9.17, 15) is 0 Å². The van der Waals surface area contributed by atoms with Crippen molar-refractivity contribution in [1.82, 2.24) is 4.90 Å². The lowest BCUT2D eigenvalue weighted by Gasteiger charge is -2.22. The molecule has 0 bridgehead atoms. The fourth-order valence-corrected chi connectivity index (χ4v) is 3.96. The Morgan fingerprint density at radius 1 is 0.727 bits per heavy atom. The van der Waals surface area contributed by atoms with E-state index < -0.39 is 10.4 Å². The lowest BCUT2D eigenvalue weighted by atomic mass is 9.84. The van der Waals surface area contributed by atoms with Gasteiger partial charge in [0.25, 0.3) is 0 Å². The van der Waals surface area contributed by atoms with Crippen LogP contribution in [0.1, 0.15) is 65.4 Å². The molecule has 3 unspecified atom stereocenters. The monoisotopic (exact) mass is 493 g/mol. The first-order chi connectivity index (χ1) is 15.3. The second kappa shape index (κ2) is 20.3. The largest absolute Gasteiger partial charge is 0.395 e. The molecule has 0 aliphatic carbocycles. The van der Waals surface area contributed by atoms with Crippen molar-refractivity contribution in [1.29, 1.82) is 0 Å². The Balaban J connectivity index is 0. The van der Waals surface area contributed by atoms with E-state index in [0.717, 1.165) is 17.8 Å². The molecule has 0 spiro atoms. The van der Waals surface area contributed by atoms with Crippen LogP contribution in [0.15, 0.2) is 30.3 Å². The van der Waals surface area contributed by atoms with Crippen molar-refractivity contribution in [3.05, 3.63) is 35.9 Å². The maximum absolute atomic E-state index is 8.74. The number of hydrogen-bond acceptors (Lipinski definition) is 6. The number of benzene rings is 1. The number of hydrogen-bond donors (Lipinski definition) is 5. The smallest absolute Gasteiger partial charge is 0.394 e. The number of aliphatic hydroxyl groups excluding tert-OH is 3. The highest BCUT2D eigenvalue weighted by molar-refractivity contribution is 7.79. The second-order valence-electron chi connectivity index (χ2n) is 9.08. The summed E-state index contributed by atoms with van der Waals surface area (Å²) in [4.78, 5) is 1.79. The van der Waals surface area contributed by atoms with E-state index in [1.807, 2.05) is 0 Å². The quantitative estimate of drug-likeness (QED) is 0.263. The average molecular weight is 494 g/mol. The van der Waals surface area contributed by atoms with Gasteiger partial charge in [-0.05, 0) is 48.5 Å². The molecule has 0 aliphatic heterocycles. The van der Waals surface area contributed by atoms with Crippen LogP contribution >= 0.6 is 0 Å². The highest BCUT2D eigenvalue weighted by Crippen LogP contribution is 2.28. The van der Waals surface area contributed by atoms with E-state index in [4.69, 9.17) is 32.8 Å². The van der Waals surface area contributed by atoms with Crippen molar-refractivity contribution in [3.8, 4) is 0 Å². The third kappa shape index (κ3) is 25.4. The number of aliphatic hydroxyl groups is 3. The van der Waals surface area contributed by atoms with E-state index in [-0.39, 0.29) is 19.8 Å². The first-order valence-corrected chi connectivity index (χ1v) is 13.0. The molecule has 0 aromatic heterocycles. The van der Waals surface area contributed by atoms with E-state index >= 15 is 0 Å². The summed E-state index contributed by atoms with van der Waals surface area (Å²) in [6, 6.07) is 10.9. The summed E-state index contributed by atoms with van der Waals surface area (Å²) >= 11 is 0. The fourth-order valence-electron chi connectivity index (χ4n) is 3.96. The van der Waals surface area contributed by atoms with Gasteiger partial charge < -0.3 is 15.3 Å². The number of nitrogens with zero attached hydrogens (tertiary/aromatic N) is 1. The number of rotatable bonds is 13. The zero-order valence-electron chi connectivity index (χ0n) is 21.0. The molecule has 0 fully saturated rings. The van der Waals surface area contributed by atoms with Crippen LogP contribution in [-0.4, -0.2) is 77.2 Å². The van der Waals surface area contributed by atoms with Gasteiger partial charge in [-0.15, -0.1) is 0 Å². The summed E-state index contributed by atoms with van der Waals surface area (Å²) < 4.78 is 31.6. The Morgan fingerprint density at radius 3 is 1.48 bits per heavy atom. The van der Waals surface area contributed by atoms with Crippen LogP contribution in [0.2, 0.25) is 0 Å². The third-order valence-electron chi connectivity index (χ3n) is 5.05. The van der Waals surface area contributed by atoms with Crippen molar-refractivity contribution in [2.24, 2.45) is 17.8 Å². The predicted octanol–water partition coefficient (Wildman–Crippen LogP) is 3.50. The SMILES string of the molecule is CC(C)CC(C)CC(C)CC(C)c1ccccc1.O=S(=O)(O)O.OCCN(CCO)CCO. The van der Waals surface area contributed by atoms with Crippen LogP contribution in [0, 0.1) is 17.8 Å². The zero-order valence-corrected chi connectivity index (χ0v) is 21.8. The van der Waals surface area contributed by atoms with Crippen LogP contribution in [0.3, 0.4) is 0 Å². The van der Waals surface area contributed by atoms with Crippen LogP contribution < -0.4 is 0 Å². The normalized spacial score (nSPS) is 14.1. The van der Waals surface area contributed by atoms with Gasteiger partial charge in [-0.3, -0.25) is 14.0 Å². The maximum atomic E-state index is 8.74. The molecule has 1 aromatic rings. The standard InChI is InChI=1S/C18H30.C6H15NO3.H2O4S/c1-14(2)11-15(3)12-16(4)13-17(5)18-9-7-6-8-10-18;8-4-1-7(2-5-9)3-6-10;1-5(2,3)4/h6-10,14-17H,11-13H2,1-5H3;8-10H,1-6H2;(H2,1,2,3,4). The van der Waals surface area contributed by atoms with Gasteiger partial charge in [-0.2, -0.15) is 8.42 Å². The van der Waals surface area contributed by atoms with Gasteiger partial charge in [-0.1, -0.05) is 65.0 Å². The van der Waals surface area contributed by atoms with Crippen LogP contribution in [-0.2, 0) is 10.4 Å². The highest BCUT2D eigenvalue weighted by atomic mass is 32.3. The summed E-state index contributed by atoms with van der Waals surface area (Å²) in [5.74, 6) is 3.21. The minimum atomic E-state index is -4.67. The minimum absolute atomic E-state index is 0.0694. The molecule has 0 amide bonds. The summed E-state index contributed by atoms with van der Waals surface area (Å²) in [6.45, 7) is 13.6. The summed E-state index contributed by atoms with van der Waals surface area (Å²) in [7, 11) is -4.67. The van der Waals surface area contributed by atoms with E-state index in [1.54, 1.807) is 4.90 Å². The molecule has 0 saturated heterocycles. The Labute approximate surface area is 201 Å². The average Bonchev–Trinajstić information content (AvgIpc) is 2.67. The summed E-state index contributed by atoms with van der Waals surface area (Å²) in [5.41, 5.74) is 1.49. The first-order valence-electron chi connectivity index (χ1n) is 11.6. The van der Waals surface area contributed by atoms with E-state index in [0.29, 0.717) is 25.6 Å². The van der Waals surface area contributed by atoms with E-state index in [1.165, 1.54) is 24.8 Å². The van der Waals surface area contributed by atoms with Gasteiger partial charge in [0.2, 0.25) is 0 Å². The second-order valence-corrected chi connectivity index (χ2v) is 9.98. The van der Waals surface area contributed by atoms with Crippen molar-refractivity contribution in [2.75, 3.05) is 39.5 Å². The summed E-state index contributed by atoms with van der Waals surface area (Å²) in [6.07, 6.45) is 4.05. The molecule has 3 atom stereocenters. The molecule has 8 nitrogen and oxygen atoms in total. The first kappa shape index (κ1) is 34.1. The van der Waals surface area contributed by atoms with Gasteiger partial charge in [-0.25, -0.2) is 0 Å². The van der Waals surface area contributed by atoms with Crippen molar-refractivity contribution in [2.45, 2.75) is 59.8 Å². The van der Waals surface area contributed by atoms with Crippen LogP contribution in [0.4, 0.5) is 0 Å². The van der Waals surface area contributed by atoms with Gasteiger partial charge in [0.05, 0.1) is 19.8 Å². The molecule has 0 radical (unpaired) electrons. The molecule has 196 valence electrons. The highest BCUT2D eigenvalue weighted by Gasteiger charge is 2.14. The summed E-state index contributed by atoms with van der Waals surface area (Å²) in [5, 5.41) is 25.5. The lowest BCUT2D eigenvalue weighted by Crippen LogP contribution is -2.32. The predicted molar refractivity (Wildman–Crippen MR) is 134 cm³/mol. The molecule has 9 heteroatoms. The lowest BCUT2D eigenvalue weighted by molar-refractivity contribution is 0.136. The van der Waals surface area contributed by atoms with Gasteiger partial charge in [0.15, 0.2) is 0 Å². The third-order valence-corrected chi connectivity index (χ3v) is 5.05. The van der Waals surface area contributed by atoms with Gasteiger partial charge in [0.1, 0.15) is 0 Å². The Kier molecular flexibility index (Phi) is 21.0. The molecule has 0 heterocycles. The van der Waals surface area contributed by atoms with Gasteiger partial charge >= 0.3 is 10.4 Å². The molecule has 0 aliphatic rings. The van der Waals surface area contributed by atoms with Crippen LogP contribution in [0.25, 0.3) is 0 Å². The maximum Gasteiger partial charge on any atom is 0.394 e. The topological polar surface area (TPSA) is 139 Å². The molecular formula is C24H47NO7S. The Hall–Kier alpha value is -1.07. The van der Waals surface area contributed by atoms with Crippen LogP contribution in [0.5, 0.6) is 0 Å².